The molecule has 3 aromatic carbocycles. The Morgan fingerprint density at radius 2 is 1.46 bits per heavy atom. The molecule has 5 heteroatoms. The molecular weight excluding hydrogens is 330 g/mol. The van der Waals surface area contributed by atoms with Crippen molar-refractivity contribution < 1.29 is 14.5 Å². The molecule has 0 bridgehead atoms. The number of nitro groups is 1. The maximum Gasteiger partial charge on any atom is 0.336 e. The lowest BCUT2D eigenvalue weighted by atomic mass is 10.1. The van der Waals surface area contributed by atoms with Gasteiger partial charge in [0.25, 0.3) is 5.69 Å². The average molecular weight is 345 g/mol. The summed E-state index contributed by atoms with van der Waals surface area (Å²) in [5.41, 5.74) is 2.36. The number of esters is 1. The molecule has 5 nitrogen and oxygen atoms in total. The van der Waals surface area contributed by atoms with E-state index in [0.717, 1.165) is 11.1 Å². The molecule has 0 amide bonds. The number of nitro benzene ring substituents is 1. The minimum Gasteiger partial charge on any atom is -0.423 e. The normalized spacial score (nSPS) is 10.6. The van der Waals surface area contributed by atoms with Crippen LogP contribution in [-0.4, -0.2) is 10.9 Å². The Bertz CT molecular complexity index is 947. The number of nitrogens with zero attached hydrogens (tertiary/aromatic N) is 1. The minimum absolute atomic E-state index is 0.0660. The summed E-state index contributed by atoms with van der Waals surface area (Å²) in [6.45, 7) is 0. The number of hydrogen-bond donors (Lipinski definition) is 0. The van der Waals surface area contributed by atoms with Gasteiger partial charge in [0.15, 0.2) is 0 Å². The van der Waals surface area contributed by atoms with Gasteiger partial charge in [-0.3, -0.25) is 10.1 Å². The number of carbonyl (C=O) groups excluding carboxylic acids is 1. The van der Waals surface area contributed by atoms with Gasteiger partial charge in [-0.2, -0.15) is 0 Å². The number of carbonyl (C=O) groups is 1. The van der Waals surface area contributed by atoms with Crippen molar-refractivity contribution in [1.82, 2.24) is 0 Å². The highest BCUT2D eigenvalue weighted by molar-refractivity contribution is 5.89. The molecule has 0 saturated heterocycles. The summed E-state index contributed by atoms with van der Waals surface area (Å²) in [6, 6.07) is 23.2. The van der Waals surface area contributed by atoms with Crippen molar-refractivity contribution in [2.75, 3.05) is 0 Å². The number of benzene rings is 3. The van der Waals surface area contributed by atoms with Gasteiger partial charge >= 0.3 is 5.97 Å². The Labute approximate surface area is 150 Å². The fourth-order valence-electron chi connectivity index (χ4n) is 2.45. The second-order valence-electron chi connectivity index (χ2n) is 5.46. The molecule has 0 N–H and O–H groups in total. The molecule has 128 valence electrons. The predicted molar refractivity (Wildman–Crippen MR) is 99.6 cm³/mol. The molecule has 0 radical (unpaired) electrons. The SMILES string of the molecule is O=C(/C=C/c1ccccc1[N+](=O)[O-])Oc1ccc(-c2ccccc2)cc1. The largest absolute Gasteiger partial charge is 0.423 e. The first kappa shape index (κ1) is 17.1. The van der Waals surface area contributed by atoms with E-state index in [1.165, 1.54) is 18.2 Å². The molecule has 0 heterocycles. The van der Waals surface area contributed by atoms with Crippen molar-refractivity contribution in [2.45, 2.75) is 0 Å². The average Bonchev–Trinajstić information content (AvgIpc) is 2.68. The molecule has 0 spiro atoms. The molecule has 0 aliphatic heterocycles. The molecule has 0 fully saturated rings. The lowest BCUT2D eigenvalue weighted by molar-refractivity contribution is -0.385. The van der Waals surface area contributed by atoms with Crippen molar-refractivity contribution in [2.24, 2.45) is 0 Å². The van der Waals surface area contributed by atoms with Crippen molar-refractivity contribution in [1.29, 1.82) is 0 Å². The highest BCUT2D eigenvalue weighted by Gasteiger charge is 2.10. The topological polar surface area (TPSA) is 69.4 Å². The van der Waals surface area contributed by atoms with E-state index >= 15 is 0 Å². The minimum atomic E-state index is -0.601. The second-order valence-corrected chi connectivity index (χ2v) is 5.46. The van der Waals surface area contributed by atoms with Crippen molar-refractivity contribution in [3.05, 3.63) is 101 Å². The van der Waals surface area contributed by atoms with Gasteiger partial charge in [0.1, 0.15) is 5.75 Å². The smallest absolute Gasteiger partial charge is 0.336 e. The summed E-state index contributed by atoms with van der Waals surface area (Å²) >= 11 is 0. The summed E-state index contributed by atoms with van der Waals surface area (Å²) < 4.78 is 5.23. The summed E-state index contributed by atoms with van der Waals surface area (Å²) in [4.78, 5) is 22.4. The number of rotatable bonds is 5. The molecule has 0 saturated carbocycles. The van der Waals surface area contributed by atoms with Gasteiger partial charge in [-0.05, 0) is 35.4 Å². The highest BCUT2D eigenvalue weighted by atomic mass is 16.6. The molecular formula is C21H15NO4. The number of ether oxygens (including phenoxy) is 1. The lowest BCUT2D eigenvalue weighted by Crippen LogP contribution is -2.03. The quantitative estimate of drug-likeness (QED) is 0.217. The Morgan fingerprint density at radius 3 is 2.15 bits per heavy atom. The van der Waals surface area contributed by atoms with Crippen LogP contribution in [0.2, 0.25) is 0 Å². The first-order valence-corrected chi connectivity index (χ1v) is 7.92. The Morgan fingerprint density at radius 1 is 0.846 bits per heavy atom. The predicted octanol–water partition coefficient (Wildman–Crippen LogP) is 4.88. The molecule has 3 aromatic rings. The van der Waals surface area contributed by atoms with Crippen LogP contribution in [0.1, 0.15) is 5.56 Å². The van der Waals surface area contributed by atoms with Gasteiger partial charge < -0.3 is 4.74 Å². The molecule has 0 unspecified atom stereocenters. The first-order valence-electron chi connectivity index (χ1n) is 7.92. The van der Waals surface area contributed by atoms with E-state index in [4.69, 9.17) is 4.74 Å². The third-order valence-corrected chi connectivity index (χ3v) is 3.71. The van der Waals surface area contributed by atoms with Crippen LogP contribution in [-0.2, 0) is 4.79 Å². The van der Waals surface area contributed by atoms with E-state index in [0.29, 0.717) is 11.3 Å². The van der Waals surface area contributed by atoms with E-state index in [1.54, 1.807) is 30.3 Å². The van der Waals surface area contributed by atoms with E-state index < -0.39 is 10.9 Å². The van der Waals surface area contributed by atoms with Gasteiger partial charge in [0, 0.05) is 12.1 Å². The zero-order chi connectivity index (χ0) is 18.4. The van der Waals surface area contributed by atoms with E-state index in [-0.39, 0.29) is 5.69 Å². The zero-order valence-electron chi connectivity index (χ0n) is 13.7. The highest BCUT2D eigenvalue weighted by Crippen LogP contribution is 2.22. The summed E-state index contributed by atoms with van der Waals surface area (Å²) in [6.07, 6.45) is 2.55. The Balaban J connectivity index is 1.68. The fraction of sp³-hybridized carbons (Fsp3) is 0. The lowest BCUT2D eigenvalue weighted by Gasteiger charge is -2.04. The monoisotopic (exact) mass is 345 g/mol. The van der Waals surface area contributed by atoms with E-state index in [2.05, 4.69) is 0 Å². The maximum atomic E-state index is 11.9. The summed E-state index contributed by atoms with van der Waals surface area (Å²) in [5, 5.41) is 11.0. The van der Waals surface area contributed by atoms with Gasteiger partial charge in [-0.15, -0.1) is 0 Å². The van der Waals surface area contributed by atoms with Crippen LogP contribution in [0.15, 0.2) is 84.9 Å². The maximum absolute atomic E-state index is 11.9. The van der Waals surface area contributed by atoms with Crippen LogP contribution in [0.3, 0.4) is 0 Å². The van der Waals surface area contributed by atoms with Crippen LogP contribution in [0.25, 0.3) is 17.2 Å². The van der Waals surface area contributed by atoms with Crippen molar-refractivity contribution >= 4 is 17.7 Å². The Kier molecular flexibility index (Phi) is 5.19. The van der Waals surface area contributed by atoms with Crippen LogP contribution in [0.5, 0.6) is 5.75 Å². The van der Waals surface area contributed by atoms with Crippen LogP contribution < -0.4 is 4.74 Å². The molecule has 3 rings (SSSR count). The van der Waals surface area contributed by atoms with Gasteiger partial charge in [-0.25, -0.2) is 4.79 Å². The molecule has 26 heavy (non-hydrogen) atoms. The molecule has 0 atom stereocenters. The third kappa shape index (κ3) is 4.21. The van der Waals surface area contributed by atoms with Gasteiger partial charge in [0.05, 0.1) is 10.5 Å². The molecule has 0 aliphatic rings. The van der Waals surface area contributed by atoms with Crippen LogP contribution in [0, 0.1) is 10.1 Å². The second kappa shape index (κ2) is 7.90. The fourth-order valence-corrected chi connectivity index (χ4v) is 2.45. The zero-order valence-corrected chi connectivity index (χ0v) is 13.7. The summed E-state index contributed by atoms with van der Waals surface area (Å²) in [5.74, 6) is -0.197. The van der Waals surface area contributed by atoms with Crippen molar-refractivity contribution in [3.8, 4) is 16.9 Å². The van der Waals surface area contributed by atoms with Crippen LogP contribution in [0.4, 0.5) is 5.69 Å². The van der Waals surface area contributed by atoms with Crippen molar-refractivity contribution in [3.63, 3.8) is 0 Å². The third-order valence-electron chi connectivity index (χ3n) is 3.71. The molecule has 0 aromatic heterocycles. The first-order chi connectivity index (χ1) is 12.6. The van der Waals surface area contributed by atoms with E-state index in [1.807, 2.05) is 42.5 Å². The Hall–Kier alpha value is -3.73. The number of hydrogen-bond acceptors (Lipinski definition) is 4. The van der Waals surface area contributed by atoms with Gasteiger partial charge in [-0.1, -0.05) is 54.6 Å². The number of para-hydroxylation sites is 1. The molecule has 0 aliphatic carbocycles. The van der Waals surface area contributed by atoms with Crippen LogP contribution >= 0.6 is 0 Å². The van der Waals surface area contributed by atoms with Gasteiger partial charge in [0.2, 0.25) is 0 Å². The summed E-state index contributed by atoms with van der Waals surface area (Å²) in [7, 11) is 0. The van der Waals surface area contributed by atoms with E-state index in [9.17, 15) is 14.9 Å². The standard InChI is InChI=1S/C21H15NO4/c23-21(15-12-18-8-4-5-9-20(18)22(24)25)26-19-13-10-17(11-14-19)16-6-2-1-3-7-16/h1-15H/b15-12+.